The van der Waals surface area contributed by atoms with Gasteiger partial charge in [-0.3, -0.25) is 9.59 Å². The third-order valence-corrected chi connectivity index (χ3v) is 5.61. The second-order valence-electron chi connectivity index (χ2n) is 8.27. The van der Waals surface area contributed by atoms with Crippen LogP contribution < -0.4 is 5.32 Å². The summed E-state index contributed by atoms with van der Waals surface area (Å²) in [6, 6.07) is 13.9. The van der Waals surface area contributed by atoms with Gasteiger partial charge >= 0.3 is 0 Å². The molecule has 1 saturated heterocycles. The number of likely N-dealkylation sites (tertiary alicyclic amines) is 1. The zero-order valence-electron chi connectivity index (χ0n) is 17.9. The molecule has 1 aliphatic heterocycles. The molecule has 4 rings (SSSR count). The van der Waals surface area contributed by atoms with Crippen LogP contribution in [-0.2, 0) is 11.8 Å². The minimum Gasteiger partial charge on any atom is -0.334 e. The summed E-state index contributed by atoms with van der Waals surface area (Å²) in [6.07, 6.45) is 2.72. The van der Waals surface area contributed by atoms with Crippen molar-refractivity contribution in [3.05, 3.63) is 72.2 Å². The van der Waals surface area contributed by atoms with E-state index in [2.05, 4.69) is 10.3 Å². The molecule has 2 aromatic carbocycles. The highest BCUT2D eigenvalue weighted by Crippen LogP contribution is 2.32. The largest absolute Gasteiger partial charge is 0.334 e. The van der Waals surface area contributed by atoms with Crippen molar-refractivity contribution in [1.82, 2.24) is 14.5 Å². The molecule has 1 aliphatic rings. The molecule has 0 saturated carbocycles. The Hall–Kier alpha value is -3.55. The number of anilines is 1. The number of nitrogens with one attached hydrogen (secondary N) is 1. The zero-order chi connectivity index (χ0) is 22.9. The van der Waals surface area contributed by atoms with Crippen molar-refractivity contribution in [2.45, 2.75) is 19.3 Å². The average Bonchev–Trinajstić information content (AvgIpc) is 3.19. The van der Waals surface area contributed by atoms with Gasteiger partial charge in [0.05, 0.1) is 30.7 Å². The maximum absolute atomic E-state index is 14.5. The SMILES string of the molecule is Cc1ccc(NC(=O)C2CN(C(=O)c3cccc(-c4cncn4C)c3)CC(F)(F)C2)cc1. The lowest BCUT2D eigenvalue weighted by Crippen LogP contribution is -2.52. The lowest BCUT2D eigenvalue weighted by Gasteiger charge is -2.37. The number of piperidine rings is 1. The molecular weight excluding hydrogens is 414 g/mol. The number of benzene rings is 2. The van der Waals surface area contributed by atoms with E-state index in [1.54, 1.807) is 42.9 Å². The standard InChI is InChI=1S/C24H24F2N4O2/c1-16-6-8-20(9-7-16)28-22(31)19-11-24(25,26)14-30(13-19)23(32)18-5-3-4-17(10-18)21-12-27-15-29(21)2/h3-10,12,15,19H,11,13-14H2,1-2H3,(H,28,31). The van der Waals surface area contributed by atoms with Crippen molar-refractivity contribution in [2.24, 2.45) is 13.0 Å². The van der Waals surface area contributed by atoms with Gasteiger partial charge in [0.1, 0.15) is 0 Å². The van der Waals surface area contributed by atoms with Gasteiger partial charge in [0.15, 0.2) is 0 Å². The predicted octanol–water partition coefficient (Wildman–Crippen LogP) is 4.13. The molecule has 1 unspecified atom stereocenters. The summed E-state index contributed by atoms with van der Waals surface area (Å²) in [5.41, 5.74) is 3.42. The first-order valence-electron chi connectivity index (χ1n) is 10.3. The van der Waals surface area contributed by atoms with E-state index >= 15 is 0 Å². The topological polar surface area (TPSA) is 67.2 Å². The molecule has 3 aromatic rings. The number of alkyl halides is 2. The maximum Gasteiger partial charge on any atom is 0.266 e. The molecule has 2 amide bonds. The molecule has 6 nitrogen and oxygen atoms in total. The van der Waals surface area contributed by atoms with E-state index in [1.165, 1.54) is 0 Å². The summed E-state index contributed by atoms with van der Waals surface area (Å²) in [4.78, 5) is 30.9. The number of imidazole rings is 1. The number of aromatic nitrogens is 2. The molecule has 1 fully saturated rings. The van der Waals surface area contributed by atoms with Crippen LogP contribution in [0.1, 0.15) is 22.3 Å². The van der Waals surface area contributed by atoms with Crippen molar-refractivity contribution >= 4 is 17.5 Å². The summed E-state index contributed by atoms with van der Waals surface area (Å²) in [7, 11) is 1.83. The van der Waals surface area contributed by atoms with Crippen LogP contribution >= 0.6 is 0 Å². The van der Waals surface area contributed by atoms with E-state index in [0.29, 0.717) is 11.3 Å². The quantitative estimate of drug-likeness (QED) is 0.666. The van der Waals surface area contributed by atoms with E-state index in [-0.39, 0.29) is 6.54 Å². The monoisotopic (exact) mass is 438 g/mol. The number of hydrogen-bond donors (Lipinski definition) is 1. The second kappa shape index (κ2) is 8.53. The number of carbonyl (C=O) groups excluding carboxylic acids is 2. The predicted molar refractivity (Wildman–Crippen MR) is 117 cm³/mol. The van der Waals surface area contributed by atoms with Crippen LogP contribution in [0, 0.1) is 12.8 Å². The van der Waals surface area contributed by atoms with Crippen molar-refractivity contribution in [1.29, 1.82) is 0 Å². The van der Waals surface area contributed by atoms with Crippen LogP contribution in [0.25, 0.3) is 11.3 Å². The minimum absolute atomic E-state index is 0.0674. The molecule has 1 aromatic heterocycles. The molecule has 32 heavy (non-hydrogen) atoms. The number of halogens is 2. The number of carbonyl (C=O) groups is 2. The molecule has 0 spiro atoms. The highest BCUT2D eigenvalue weighted by atomic mass is 19.3. The number of aryl methyl sites for hydroxylation is 2. The molecule has 1 atom stereocenters. The van der Waals surface area contributed by atoms with E-state index in [0.717, 1.165) is 21.7 Å². The Morgan fingerprint density at radius 3 is 2.59 bits per heavy atom. The minimum atomic E-state index is -3.15. The highest BCUT2D eigenvalue weighted by molar-refractivity contribution is 5.97. The van der Waals surface area contributed by atoms with Gasteiger partial charge in [0.25, 0.3) is 11.8 Å². The van der Waals surface area contributed by atoms with E-state index in [4.69, 9.17) is 0 Å². The van der Waals surface area contributed by atoms with Gasteiger partial charge in [-0.1, -0.05) is 29.8 Å². The van der Waals surface area contributed by atoms with E-state index < -0.39 is 36.6 Å². The number of hydrogen-bond acceptors (Lipinski definition) is 3. The van der Waals surface area contributed by atoms with Gasteiger partial charge < -0.3 is 14.8 Å². The van der Waals surface area contributed by atoms with E-state index in [9.17, 15) is 18.4 Å². The Bertz CT molecular complexity index is 1140. The first-order valence-corrected chi connectivity index (χ1v) is 10.3. The van der Waals surface area contributed by atoms with Crippen LogP contribution in [0.2, 0.25) is 0 Å². The van der Waals surface area contributed by atoms with Crippen molar-refractivity contribution < 1.29 is 18.4 Å². The lowest BCUT2D eigenvalue weighted by molar-refractivity contribution is -0.130. The Labute approximate surface area is 184 Å². The van der Waals surface area contributed by atoms with Gasteiger partial charge in [-0.15, -0.1) is 0 Å². The van der Waals surface area contributed by atoms with Crippen molar-refractivity contribution in [2.75, 3.05) is 18.4 Å². The Balaban J connectivity index is 1.53. The first-order chi connectivity index (χ1) is 15.2. The fraction of sp³-hybridized carbons (Fsp3) is 0.292. The molecule has 0 radical (unpaired) electrons. The average molecular weight is 438 g/mol. The van der Waals surface area contributed by atoms with Crippen LogP contribution in [0.3, 0.4) is 0 Å². The molecule has 0 bridgehead atoms. The second-order valence-corrected chi connectivity index (χ2v) is 8.27. The fourth-order valence-corrected chi connectivity index (χ4v) is 3.94. The van der Waals surface area contributed by atoms with Crippen molar-refractivity contribution in [3.63, 3.8) is 0 Å². The van der Waals surface area contributed by atoms with Crippen LogP contribution in [-0.4, -0.2) is 45.3 Å². The highest BCUT2D eigenvalue weighted by Gasteiger charge is 2.44. The molecule has 0 aliphatic carbocycles. The Kier molecular flexibility index (Phi) is 5.78. The van der Waals surface area contributed by atoms with Crippen LogP contribution in [0.15, 0.2) is 61.1 Å². The molecule has 1 N–H and O–H groups in total. The molecular formula is C24H24F2N4O2. The smallest absolute Gasteiger partial charge is 0.266 e. The summed E-state index contributed by atoms with van der Waals surface area (Å²) >= 11 is 0. The number of nitrogens with zero attached hydrogens (tertiary/aromatic N) is 3. The summed E-state index contributed by atoms with van der Waals surface area (Å²) < 4.78 is 30.8. The van der Waals surface area contributed by atoms with Crippen LogP contribution in [0.5, 0.6) is 0 Å². The first kappa shape index (κ1) is 21.7. The van der Waals surface area contributed by atoms with Crippen LogP contribution in [0.4, 0.5) is 14.5 Å². The Morgan fingerprint density at radius 2 is 1.91 bits per heavy atom. The zero-order valence-corrected chi connectivity index (χ0v) is 17.9. The maximum atomic E-state index is 14.5. The van der Waals surface area contributed by atoms with Gasteiger partial charge in [-0.2, -0.15) is 0 Å². The third kappa shape index (κ3) is 4.69. The van der Waals surface area contributed by atoms with Gasteiger partial charge in [0, 0.05) is 36.8 Å². The summed E-state index contributed by atoms with van der Waals surface area (Å²) in [5.74, 6) is -5.21. The van der Waals surface area contributed by atoms with Crippen molar-refractivity contribution in [3.8, 4) is 11.3 Å². The third-order valence-electron chi connectivity index (χ3n) is 5.61. The molecule has 8 heteroatoms. The van der Waals surface area contributed by atoms with E-state index in [1.807, 2.05) is 36.7 Å². The van der Waals surface area contributed by atoms with Gasteiger partial charge in [-0.05, 0) is 31.2 Å². The number of rotatable bonds is 4. The molecule has 2 heterocycles. The normalized spacial score (nSPS) is 17.8. The summed E-state index contributed by atoms with van der Waals surface area (Å²) in [5, 5.41) is 2.69. The lowest BCUT2D eigenvalue weighted by atomic mass is 9.93. The summed E-state index contributed by atoms with van der Waals surface area (Å²) in [6.45, 7) is 1.14. The fourth-order valence-electron chi connectivity index (χ4n) is 3.94. The number of amides is 2. The molecule has 166 valence electrons. The van der Waals surface area contributed by atoms with Gasteiger partial charge in [-0.25, -0.2) is 13.8 Å². The van der Waals surface area contributed by atoms with Gasteiger partial charge in [0.2, 0.25) is 5.91 Å². The Morgan fingerprint density at radius 1 is 1.16 bits per heavy atom.